The summed E-state index contributed by atoms with van der Waals surface area (Å²) in [5.41, 5.74) is -1.88. The summed E-state index contributed by atoms with van der Waals surface area (Å²) < 4.78 is 43.9. The molecule has 2 rings (SSSR count). The monoisotopic (exact) mass is 273 g/mol. The second-order valence-electron chi connectivity index (χ2n) is 4.50. The maximum Gasteiger partial charge on any atom is 0.417 e. The molecule has 1 N–H and O–H groups in total. The summed E-state index contributed by atoms with van der Waals surface area (Å²) in [5.74, 6) is -1.25. The second-order valence-corrected chi connectivity index (χ2v) is 4.50. The van der Waals surface area contributed by atoms with Crippen LogP contribution in [-0.4, -0.2) is 24.2 Å². The maximum absolute atomic E-state index is 13.0. The predicted molar refractivity (Wildman–Crippen MR) is 62.3 cm³/mol. The van der Waals surface area contributed by atoms with Crippen LogP contribution in [0.15, 0.2) is 30.3 Å². The number of halogens is 3. The Morgan fingerprint density at radius 1 is 1.32 bits per heavy atom. The molecular weight excluding hydrogens is 259 g/mol. The van der Waals surface area contributed by atoms with Crippen molar-refractivity contribution in [1.82, 2.24) is 5.32 Å². The lowest BCUT2D eigenvalue weighted by Gasteiger charge is -2.29. The summed E-state index contributed by atoms with van der Waals surface area (Å²) in [7, 11) is 0. The van der Waals surface area contributed by atoms with Gasteiger partial charge in [-0.05, 0) is 24.9 Å². The Bertz CT molecular complexity index is 439. The van der Waals surface area contributed by atoms with Crippen LogP contribution in [0.4, 0.5) is 13.2 Å². The highest BCUT2D eigenvalue weighted by atomic mass is 19.4. The van der Waals surface area contributed by atoms with Gasteiger partial charge >= 0.3 is 12.1 Å². The van der Waals surface area contributed by atoms with Crippen molar-refractivity contribution in [3.05, 3.63) is 35.9 Å². The van der Waals surface area contributed by atoms with Gasteiger partial charge in [0.05, 0.1) is 0 Å². The molecule has 0 aromatic heterocycles. The van der Waals surface area contributed by atoms with Crippen molar-refractivity contribution in [3.63, 3.8) is 0 Å². The molecule has 1 aliphatic heterocycles. The van der Waals surface area contributed by atoms with Crippen molar-refractivity contribution in [1.29, 1.82) is 0 Å². The number of rotatable bonds is 3. The van der Waals surface area contributed by atoms with E-state index in [2.05, 4.69) is 5.32 Å². The molecule has 0 bridgehead atoms. The van der Waals surface area contributed by atoms with Crippen molar-refractivity contribution in [2.24, 2.45) is 0 Å². The van der Waals surface area contributed by atoms with Crippen molar-refractivity contribution in [2.45, 2.75) is 31.2 Å². The zero-order valence-corrected chi connectivity index (χ0v) is 10.2. The van der Waals surface area contributed by atoms with Crippen LogP contribution < -0.4 is 5.32 Å². The van der Waals surface area contributed by atoms with E-state index in [4.69, 9.17) is 4.74 Å². The van der Waals surface area contributed by atoms with E-state index in [9.17, 15) is 18.0 Å². The van der Waals surface area contributed by atoms with E-state index in [0.29, 0.717) is 12.0 Å². The van der Waals surface area contributed by atoms with Crippen LogP contribution in [0.5, 0.6) is 0 Å². The van der Waals surface area contributed by atoms with Crippen LogP contribution in [0.2, 0.25) is 0 Å². The van der Waals surface area contributed by atoms with Crippen LogP contribution in [0.25, 0.3) is 0 Å². The quantitative estimate of drug-likeness (QED) is 0.859. The van der Waals surface area contributed by atoms with Crippen LogP contribution in [0.1, 0.15) is 18.4 Å². The largest absolute Gasteiger partial charge is 0.459 e. The molecule has 19 heavy (non-hydrogen) atoms. The summed E-state index contributed by atoms with van der Waals surface area (Å²) in [6, 6.07) is 8.62. The van der Waals surface area contributed by atoms with Crippen LogP contribution in [0, 0.1) is 0 Å². The first-order valence-electron chi connectivity index (χ1n) is 5.99. The van der Waals surface area contributed by atoms with Gasteiger partial charge in [-0.15, -0.1) is 0 Å². The van der Waals surface area contributed by atoms with Crippen molar-refractivity contribution < 1.29 is 22.7 Å². The molecule has 6 heteroatoms. The Balaban J connectivity index is 2.05. The lowest BCUT2D eigenvalue weighted by atomic mass is 9.97. The minimum absolute atomic E-state index is 0.154. The van der Waals surface area contributed by atoms with E-state index < -0.39 is 17.7 Å². The smallest absolute Gasteiger partial charge is 0.417 e. The Labute approximate surface area is 108 Å². The zero-order chi connectivity index (χ0) is 13.9. The molecule has 0 spiro atoms. The lowest BCUT2D eigenvalue weighted by Crippen LogP contribution is -2.59. The third-order valence-corrected chi connectivity index (χ3v) is 3.20. The fourth-order valence-corrected chi connectivity index (χ4v) is 2.12. The molecule has 0 amide bonds. The first-order valence-corrected chi connectivity index (χ1v) is 5.99. The van der Waals surface area contributed by atoms with Gasteiger partial charge < -0.3 is 4.74 Å². The summed E-state index contributed by atoms with van der Waals surface area (Å²) in [4.78, 5) is 11.8. The third-order valence-electron chi connectivity index (χ3n) is 3.20. The summed E-state index contributed by atoms with van der Waals surface area (Å²) in [6.07, 6.45) is -4.61. The predicted octanol–water partition coefficient (Wildman–Crippen LogP) is 2.41. The molecule has 1 heterocycles. The van der Waals surface area contributed by atoms with E-state index in [1.807, 2.05) is 0 Å². The van der Waals surface area contributed by atoms with Gasteiger partial charge in [-0.2, -0.15) is 13.2 Å². The highest BCUT2D eigenvalue weighted by Crippen LogP contribution is 2.38. The molecule has 1 fully saturated rings. The molecule has 0 unspecified atom stereocenters. The van der Waals surface area contributed by atoms with E-state index in [0.717, 1.165) is 0 Å². The van der Waals surface area contributed by atoms with Gasteiger partial charge in [0, 0.05) is 0 Å². The van der Waals surface area contributed by atoms with Gasteiger partial charge in [0.2, 0.25) is 5.54 Å². The first kappa shape index (κ1) is 13.9. The molecule has 3 nitrogen and oxygen atoms in total. The molecule has 1 saturated heterocycles. The van der Waals surface area contributed by atoms with Crippen molar-refractivity contribution in [3.8, 4) is 0 Å². The first-order chi connectivity index (χ1) is 8.96. The van der Waals surface area contributed by atoms with Crippen LogP contribution in [0.3, 0.4) is 0 Å². The number of benzene rings is 1. The molecule has 1 atom stereocenters. The van der Waals surface area contributed by atoms with Gasteiger partial charge in [0.15, 0.2) is 0 Å². The Kier molecular flexibility index (Phi) is 3.80. The van der Waals surface area contributed by atoms with Crippen LogP contribution in [-0.2, 0) is 16.1 Å². The molecule has 0 radical (unpaired) electrons. The van der Waals surface area contributed by atoms with Crippen molar-refractivity contribution >= 4 is 5.97 Å². The summed E-state index contributed by atoms with van der Waals surface area (Å²) >= 11 is 0. The van der Waals surface area contributed by atoms with E-state index >= 15 is 0 Å². The van der Waals surface area contributed by atoms with Crippen molar-refractivity contribution in [2.75, 3.05) is 6.54 Å². The Morgan fingerprint density at radius 2 is 2.00 bits per heavy atom. The minimum atomic E-state index is -4.64. The molecule has 1 aliphatic rings. The van der Waals surface area contributed by atoms with Gasteiger partial charge in [-0.3, -0.25) is 5.32 Å². The average Bonchev–Trinajstić information content (AvgIpc) is 2.87. The summed E-state index contributed by atoms with van der Waals surface area (Å²) in [5, 5.41) is 2.25. The number of hydrogen-bond donors (Lipinski definition) is 1. The second kappa shape index (κ2) is 5.21. The highest BCUT2D eigenvalue weighted by molar-refractivity contribution is 5.82. The van der Waals surface area contributed by atoms with Gasteiger partial charge in [0.1, 0.15) is 6.61 Å². The number of nitrogens with one attached hydrogen (secondary N) is 1. The normalized spacial score (nSPS) is 23.3. The molecule has 0 aliphatic carbocycles. The number of esters is 1. The summed E-state index contributed by atoms with van der Waals surface area (Å²) in [6.45, 7) is 0.0130. The standard InChI is InChI=1S/C13H14F3NO2/c14-13(15,16)12(7-4-8-17-12)11(18)19-9-10-5-2-1-3-6-10/h1-3,5-6,17H,4,7-9H2/t12-/m1/s1. The SMILES string of the molecule is O=C(OCc1ccccc1)[C@@]1(C(F)(F)F)CCCN1. The number of carbonyl (C=O) groups is 1. The van der Waals surface area contributed by atoms with E-state index in [1.54, 1.807) is 30.3 Å². The topological polar surface area (TPSA) is 38.3 Å². The number of ether oxygens (including phenoxy) is 1. The van der Waals surface area contributed by atoms with Gasteiger partial charge in [-0.1, -0.05) is 30.3 Å². The molecule has 1 aromatic rings. The maximum atomic E-state index is 13.0. The fraction of sp³-hybridized carbons (Fsp3) is 0.462. The lowest BCUT2D eigenvalue weighted by molar-refractivity contribution is -0.211. The minimum Gasteiger partial charge on any atom is -0.459 e. The number of hydrogen-bond acceptors (Lipinski definition) is 3. The fourth-order valence-electron chi connectivity index (χ4n) is 2.12. The number of carbonyl (C=O) groups excluding carboxylic acids is 1. The van der Waals surface area contributed by atoms with E-state index in [-0.39, 0.29) is 19.6 Å². The Morgan fingerprint density at radius 3 is 2.53 bits per heavy atom. The molecule has 1 aromatic carbocycles. The third kappa shape index (κ3) is 2.73. The molecule has 0 saturated carbocycles. The zero-order valence-electron chi connectivity index (χ0n) is 10.2. The highest BCUT2D eigenvalue weighted by Gasteiger charge is 2.62. The van der Waals surface area contributed by atoms with E-state index in [1.165, 1.54) is 0 Å². The van der Waals surface area contributed by atoms with Gasteiger partial charge in [-0.25, -0.2) is 4.79 Å². The van der Waals surface area contributed by atoms with Crippen LogP contribution >= 0.6 is 0 Å². The van der Waals surface area contributed by atoms with Gasteiger partial charge in [0.25, 0.3) is 0 Å². The molecule has 104 valence electrons. The number of alkyl halides is 3. The Hall–Kier alpha value is -1.56. The molecular formula is C13H14F3NO2. The average molecular weight is 273 g/mol.